The van der Waals surface area contributed by atoms with Gasteiger partial charge in [0.2, 0.25) is 0 Å². The van der Waals surface area contributed by atoms with Crippen LogP contribution >= 0.6 is 0 Å². The van der Waals surface area contributed by atoms with Gasteiger partial charge in [-0.05, 0) is 101 Å². The van der Waals surface area contributed by atoms with Crippen LogP contribution in [0.3, 0.4) is 0 Å². The molecule has 0 spiro atoms. The molecule has 2 N–H and O–H groups in total. The molecule has 0 radical (unpaired) electrons. The Morgan fingerprint density at radius 3 is 1.90 bits per heavy atom. The van der Waals surface area contributed by atoms with Crippen molar-refractivity contribution < 1.29 is 0 Å². The van der Waals surface area contributed by atoms with Crippen LogP contribution in [-0.4, -0.2) is 15.9 Å². The van der Waals surface area contributed by atoms with Crippen LogP contribution in [-0.2, 0) is 0 Å². The molecule has 5 aromatic carbocycles. The molecule has 0 fully saturated rings. The molecule has 5 atom stereocenters. The maximum absolute atomic E-state index is 5.69. The fraction of sp³-hybridized carbons (Fsp3) is 0.190. The summed E-state index contributed by atoms with van der Waals surface area (Å²) in [5.41, 5.74) is 20.4. The average Bonchev–Trinajstić information content (AvgIpc) is 3.83. The van der Waals surface area contributed by atoms with Gasteiger partial charge < -0.3 is 5.32 Å². The average molecular weight is 869 g/mol. The van der Waals surface area contributed by atoms with Crippen LogP contribution in [0, 0.1) is 5.92 Å². The van der Waals surface area contributed by atoms with E-state index in [-0.39, 0.29) is 24.2 Å². The minimum atomic E-state index is 0.0465. The Kier molecular flexibility index (Phi) is 11.2. The Morgan fingerprint density at radius 1 is 0.567 bits per heavy atom. The number of nitrogens with one attached hydrogen (secondary N) is 2. The molecule has 67 heavy (non-hydrogen) atoms. The van der Waals surface area contributed by atoms with Crippen LogP contribution in [0.25, 0.3) is 50.4 Å². The molecule has 6 aromatic rings. The van der Waals surface area contributed by atoms with E-state index < -0.39 is 0 Å². The summed E-state index contributed by atoms with van der Waals surface area (Å²) >= 11 is 0. The summed E-state index contributed by atoms with van der Waals surface area (Å²) in [6.45, 7) is 0. The Bertz CT molecular complexity index is 3080. The number of hydrogen-bond donors (Lipinski definition) is 2. The highest BCUT2D eigenvalue weighted by atomic mass is 15.3. The van der Waals surface area contributed by atoms with Crippen molar-refractivity contribution in [1.82, 2.24) is 20.4 Å². The maximum atomic E-state index is 5.69. The largest absolute Gasteiger partial charge is 0.366 e. The smallest absolute Gasteiger partial charge is 0.104 e. The Morgan fingerprint density at radius 2 is 1.24 bits per heavy atom. The molecule has 4 nitrogen and oxygen atoms in total. The number of rotatable bonds is 9. The van der Waals surface area contributed by atoms with E-state index in [4.69, 9.17) is 5.10 Å². The normalized spacial score (nSPS) is 22.9. The van der Waals surface area contributed by atoms with Gasteiger partial charge in [-0.25, -0.2) is 0 Å². The molecule has 0 saturated heterocycles. The van der Waals surface area contributed by atoms with Gasteiger partial charge in [0, 0.05) is 34.2 Å². The first kappa shape index (κ1) is 41.2. The predicted molar refractivity (Wildman–Crippen MR) is 278 cm³/mol. The quantitative estimate of drug-likeness (QED) is 0.152. The van der Waals surface area contributed by atoms with Crippen LogP contribution in [0.15, 0.2) is 224 Å². The third kappa shape index (κ3) is 8.00. The first-order chi connectivity index (χ1) is 33.2. The van der Waals surface area contributed by atoms with E-state index in [9.17, 15) is 0 Å². The SMILES string of the molecule is C1=CCCC(c2c(-c3ccccc3)nn3c2C2=C(CCC=C2)C(c2ccc(-c4ccc(-c5ccc(C6C=C(c7ccccc7)NC(C7=CCCC=C7)N6)cc5)cc4)cc2)C3C2C=CC=CC2)=C1. The van der Waals surface area contributed by atoms with Crippen molar-refractivity contribution in [2.24, 2.45) is 5.92 Å². The predicted octanol–water partition coefficient (Wildman–Crippen LogP) is 15.1. The third-order valence-electron chi connectivity index (χ3n) is 14.7. The third-order valence-corrected chi connectivity index (χ3v) is 14.7. The molecular weight excluding hydrogens is 813 g/mol. The van der Waals surface area contributed by atoms with Crippen LogP contribution in [0.4, 0.5) is 0 Å². The van der Waals surface area contributed by atoms with E-state index in [2.05, 4.69) is 228 Å². The molecule has 0 bridgehead atoms. The second-order valence-electron chi connectivity index (χ2n) is 18.8. The van der Waals surface area contributed by atoms with Crippen LogP contribution in [0.5, 0.6) is 0 Å². The van der Waals surface area contributed by atoms with Crippen molar-refractivity contribution in [1.29, 1.82) is 0 Å². The number of aromatic nitrogens is 2. The van der Waals surface area contributed by atoms with Crippen molar-refractivity contribution in [2.45, 2.75) is 69.1 Å². The summed E-state index contributed by atoms with van der Waals surface area (Å²) in [5, 5.41) is 13.4. The number of hydrogen-bond acceptors (Lipinski definition) is 3. The van der Waals surface area contributed by atoms with Crippen molar-refractivity contribution in [3.05, 3.63) is 252 Å². The molecule has 12 rings (SSSR count). The number of fused-ring (bicyclic) bond motifs is 2. The van der Waals surface area contributed by atoms with Gasteiger partial charge in [0.25, 0.3) is 0 Å². The molecule has 2 aliphatic heterocycles. The fourth-order valence-corrected chi connectivity index (χ4v) is 11.4. The fourth-order valence-electron chi connectivity index (χ4n) is 11.4. The Hall–Kier alpha value is -7.27. The summed E-state index contributed by atoms with van der Waals surface area (Å²) in [6, 6.07) is 49.5. The van der Waals surface area contributed by atoms with E-state index in [1.165, 1.54) is 72.5 Å². The molecule has 6 aliphatic rings. The van der Waals surface area contributed by atoms with Crippen molar-refractivity contribution >= 4 is 16.8 Å². The van der Waals surface area contributed by atoms with E-state index >= 15 is 0 Å². The van der Waals surface area contributed by atoms with Gasteiger partial charge >= 0.3 is 0 Å². The summed E-state index contributed by atoms with van der Waals surface area (Å²) in [4.78, 5) is 0. The summed E-state index contributed by atoms with van der Waals surface area (Å²) < 4.78 is 2.47. The molecule has 328 valence electrons. The monoisotopic (exact) mass is 868 g/mol. The van der Waals surface area contributed by atoms with Gasteiger partial charge in [0.05, 0.1) is 17.8 Å². The van der Waals surface area contributed by atoms with Crippen LogP contribution in [0.2, 0.25) is 0 Å². The number of benzene rings is 5. The Balaban J connectivity index is 0.842. The van der Waals surface area contributed by atoms with Gasteiger partial charge in [-0.3, -0.25) is 10.00 Å². The minimum absolute atomic E-state index is 0.0465. The molecular formula is C63H56N4. The van der Waals surface area contributed by atoms with Gasteiger partial charge in [-0.2, -0.15) is 5.10 Å². The lowest BCUT2D eigenvalue weighted by Gasteiger charge is -2.41. The van der Waals surface area contributed by atoms with Gasteiger partial charge in [-0.15, -0.1) is 0 Å². The first-order valence-corrected chi connectivity index (χ1v) is 24.5. The van der Waals surface area contributed by atoms with E-state index in [0.717, 1.165) is 56.3 Å². The highest BCUT2D eigenvalue weighted by molar-refractivity contribution is 5.92. The van der Waals surface area contributed by atoms with Gasteiger partial charge in [-0.1, -0.05) is 212 Å². The molecule has 3 heterocycles. The summed E-state index contributed by atoms with van der Waals surface area (Å²) in [5.74, 6) is 0.525. The number of nitrogens with zero attached hydrogens (tertiary/aromatic N) is 2. The molecule has 0 saturated carbocycles. The van der Waals surface area contributed by atoms with Crippen LogP contribution < -0.4 is 10.6 Å². The second kappa shape index (κ2) is 18.2. The summed E-state index contributed by atoms with van der Waals surface area (Å²) in [7, 11) is 0. The van der Waals surface area contributed by atoms with Crippen molar-refractivity contribution in [3.8, 4) is 33.5 Å². The molecule has 1 aromatic heterocycles. The van der Waals surface area contributed by atoms with Crippen LogP contribution in [0.1, 0.15) is 90.9 Å². The number of allylic oxidation sites excluding steroid dienone is 14. The lowest BCUT2D eigenvalue weighted by atomic mass is 9.70. The lowest BCUT2D eigenvalue weighted by molar-refractivity contribution is 0.307. The van der Waals surface area contributed by atoms with E-state index in [1.54, 1.807) is 5.57 Å². The Labute approximate surface area is 395 Å². The maximum Gasteiger partial charge on any atom is 0.104 e. The second-order valence-corrected chi connectivity index (χ2v) is 18.8. The van der Waals surface area contributed by atoms with E-state index in [0.29, 0.717) is 5.92 Å². The van der Waals surface area contributed by atoms with E-state index in [1.807, 2.05) is 0 Å². The summed E-state index contributed by atoms with van der Waals surface area (Å²) in [6.07, 6.45) is 37.6. The zero-order valence-corrected chi connectivity index (χ0v) is 37.9. The van der Waals surface area contributed by atoms with Crippen molar-refractivity contribution in [3.63, 3.8) is 0 Å². The molecule has 4 aliphatic carbocycles. The standard InChI is InChI=1S/C63H56N4/c1-6-18-47(19-7-1)56-42-57(65-63(64-56)53-26-14-5-15-27-53)48-38-34-45(35-39-48)43-30-32-44(33-31-43)46-36-40-50(41-37-46)58-54-28-16-17-29-55(54)62-59(49-20-8-2-9-21-49)60(51-22-10-3-11-23-51)66-67(62)61(58)52-24-12-4-13-25-52/h1-4,6-8,10-14,17-20,22-24,26-27,29-42,52,57-58,61,63-65H,5,9,15-16,21,25,28H2. The molecule has 4 heteroatoms. The zero-order chi connectivity index (χ0) is 44.5. The molecule has 5 unspecified atom stereocenters. The lowest BCUT2D eigenvalue weighted by Crippen LogP contribution is -2.47. The molecule has 0 amide bonds. The van der Waals surface area contributed by atoms with Gasteiger partial charge in [0.1, 0.15) is 11.9 Å². The highest BCUT2D eigenvalue weighted by Crippen LogP contribution is 2.54. The topological polar surface area (TPSA) is 41.9 Å². The zero-order valence-electron chi connectivity index (χ0n) is 37.9. The highest BCUT2D eigenvalue weighted by Gasteiger charge is 2.43. The van der Waals surface area contributed by atoms with Crippen molar-refractivity contribution in [2.75, 3.05) is 0 Å². The minimum Gasteiger partial charge on any atom is -0.366 e. The van der Waals surface area contributed by atoms with Gasteiger partial charge in [0.15, 0.2) is 0 Å². The first-order valence-electron chi connectivity index (χ1n) is 24.5.